The van der Waals surface area contributed by atoms with E-state index in [4.69, 9.17) is 4.74 Å². The number of Topliss-reactive ketones (excluding diaryl/α,β-unsaturated/α-hetero) is 1. The van der Waals surface area contributed by atoms with Crippen LogP contribution < -0.4 is 39.4 Å². The van der Waals surface area contributed by atoms with Crippen LogP contribution in [0.5, 0.6) is 11.5 Å². The zero-order valence-corrected chi connectivity index (χ0v) is 17.7. The Labute approximate surface area is 178 Å². The molecule has 5 nitrogen and oxygen atoms in total. The molecule has 0 radical (unpaired) electrons. The Hall–Kier alpha value is -1.60. The Balaban J connectivity index is 0.00000338. The summed E-state index contributed by atoms with van der Waals surface area (Å²) in [6, 6.07) is 14.0. The molecule has 0 spiro atoms. The summed E-state index contributed by atoms with van der Waals surface area (Å²) in [6.07, 6.45) is -0.301. The first-order valence-electron chi connectivity index (χ1n) is 7.61. The van der Waals surface area contributed by atoms with Crippen molar-refractivity contribution in [2.75, 3.05) is 0 Å². The van der Waals surface area contributed by atoms with E-state index in [9.17, 15) is 19.5 Å². The number of carboxylic acid groups (broad SMARTS) is 1. The van der Waals surface area contributed by atoms with Gasteiger partial charge in [-0.05, 0) is 43.3 Å². The van der Waals surface area contributed by atoms with E-state index in [1.165, 1.54) is 6.92 Å². The van der Waals surface area contributed by atoms with Gasteiger partial charge in [0.1, 0.15) is 11.5 Å². The molecule has 0 aromatic heterocycles. The molecular formula is C19H17NaO5S. The van der Waals surface area contributed by atoms with Crippen molar-refractivity contribution >= 4 is 28.6 Å². The number of benzene rings is 2. The zero-order valence-electron chi connectivity index (χ0n) is 14.9. The van der Waals surface area contributed by atoms with Crippen LogP contribution in [0.3, 0.4) is 0 Å². The van der Waals surface area contributed by atoms with Gasteiger partial charge in [-0.25, -0.2) is 0 Å². The van der Waals surface area contributed by atoms with Crippen LogP contribution in [0.4, 0.5) is 0 Å². The minimum atomic E-state index is -1.42. The SMILES string of the molecule is CC(=O)SC(CC(=O)c1ccc(Oc2ccc(C)cc2)cc1)C(=O)[O-].[Na+]. The number of carbonyl (C=O) groups excluding carboxylic acids is 3. The summed E-state index contributed by atoms with van der Waals surface area (Å²) in [6.45, 7) is 3.23. The van der Waals surface area contributed by atoms with Gasteiger partial charge in [-0.15, -0.1) is 0 Å². The first-order chi connectivity index (χ1) is 11.8. The predicted octanol–water partition coefficient (Wildman–Crippen LogP) is -0.238. The van der Waals surface area contributed by atoms with Crippen LogP contribution in [-0.2, 0) is 9.59 Å². The van der Waals surface area contributed by atoms with Gasteiger partial charge in [-0.2, -0.15) is 0 Å². The number of aryl methyl sites for hydroxylation is 1. The van der Waals surface area contributed by atoms with Gasteiger partial charge < -0.3 is 14.6 Å². The molecule has 0 saturated heterocycles. The van der Waals surface area contributed by atoms with Gasteiger partial charge >= 0.3 is 29.6 Å². The molecular weight excluding hydrogens is 363 g/mol. The van der Waals surface area contributed by atoms with E-state index < -0.39 is 11.2 Å². The van der Waals surface area contributed by atoms with Crippen molar-refractivity contribution in [1.82, 2.24) is 0 Å². The maximum Gasteiger partial charge on any atom is 1.00 e. The van der Waals surface area contributed by atoms with Gasteiger partial charge in [-0.3, -0.25) is 9.59 Å². The summed E-state index contributed by atoms with van der Waals surface area (Å²) in [5.74, 6) is -0.549. The second kappa shape index (κ2) is 10.5. The Morgan fingerprint density at radius 2 is 1.50 bits per heavy atom. The maximum atomic E-state index is 12.2. The van der Waals surface area contributed by atoms with Crippen molar-refractivity contribution in [1.29, 1.82) is 0 Å². The van der Waals surface area contributed by atoms with Crippen LogP contribution in [0.2, 0.25) is 0 Å². The molecule has 0 aliphatic rings. The number of ether oxygens (including phenoxy) is 1. The predicted molar refractivity (Wildman–Crippen MR) is 93.7 cm³/mol. The average molecular weight is 380 g/mol. The van der Waals surface area contributed by atoms with Crippen LogP contribution in [0.15, 0.2) is 48.5 Å². The minimum absolute atomic E-state index is 0. The first kappa shape index (κ1) is 22.4. The largest absolute Gasteiger partial charge is 1.00 e. The van der Waals surface area contributed by atoms with Crippen LogP contribution in [0.25, 0.3) is 0 Å². The second-order valence-electron chi connectivity index (χ2n) is 5.48. The normalized spacial score (nSPS) is 11.2. The van der Waals surface area contributed by atoms with E-state index in [0.717, 1.165) is 5.56 Å². The van der Waals surface area contributed by atoms with Crippen LogP contribution >= 0.6 is 11.8 Å². The van der Waals surface area contributed by atoms with Gasteiger partial charge in [-0.1, -0.05) is 29.5 Å². The fourth-order valence-electron chi connectivity index (χ4n) is 2.11. The summed E-state index contributed by atoms with van der Waals surface area (Å²) >= 11 is 0.590. The van der Waals surface area contributed by atoms with Gasteiger partial charge in [0, 0.05) is 18.9 Å². The standard InChI is InChI=1S/C19H18O5S.Na/c1-12-3-7-15(8-4-12)24-16-9-5-14(6-10-16)17(21)11-18(19(22)23)25-13(2)20;/h3-10,18H,11H2,1-2H3,(H,22,23);/q;+1/p-1. The minimum Gasteiger partial charge on any atom is -0.549 e. The average Bonchev–Trinajstić information content (AvgIpc) is 2.56. The molecule has 26 heavy (non-hydrogen) atoms. The smallest absolute Gasteiger partial charge is 0.549 e. The van der Waals surface area contributed by atoms with Crippen molar-refractivity contribution in [2.24, 2.45) is 0 Å². The Morgan fingerprint density at radius 1 is 1.00 bits per heavy atom. The van der Waals surface area contributed by atoms with Crippen LogP contribution in [-0.4, -0.2) is 22.1 Å². The topological polar surface area (TPSA) is 83.5 Å². The van der Waals surface area contributed by atoms with E-state index in [1.807, 2.05) is 31.2 Å². The van der Waals surface area contributed by atoms with Crippen molar-refractivity contribution < 1.29 is 53.8 Å². The monoisotopic (exact) mass is 380 g/mol. The molecule has 0 heterocycles. The third kappa shape index (κ3) is 6.96. The molecule has 2 rings (SSSR count). The number of hydrogen-bond donors (Lipinski definition) is 0. The Morgan fingerprint density at radius 3 is 1.96 bits per heavy atom. The number of rotatable bonds is 7. The molecule has 1 atom stereocenters. The van der Waals surface area contributed by atoms with Gasteiger partial charge in [0.2, 0.25) is 0 Å². The fraction of sp³-hybridized carbons (Fsp3) is 0.211. The second-order valence-corrected chi connectivity index (χ2v) is 6.86. The van der Waals surface area contributed by atoms with Crippen molar-refractivity contribution in [3.63, 3.8) is 0 Å². The van der Waals surface area contributed by atoms with Gasteiger partial charge in [0.15, 0.2) is 10.9 Å². The number of carbonyl (C=O) groups is 3. The summed E-state index contributed by atoms with van der Waals surface area (Å²) in [5, 5.41) is 9.47. The molecule has 0 fully saturated rings. The molecule has 130 valence electrons. The van der Waals surface area contributed by atoms with Crippen LogP contribution in [0.1, 0.15) is 29.3 Å². The van der Waals surface area contributed by atoms with E-state index in [-0.39, 0.29) is 46.9 Å². The summed E-state index contributed by atoms with van der Waals surface area (Å²) < 4.78 is 5.68. The molecule has 0 aliphatic heterocycles. The Kier molecular flexibility index (Phi) is 9.08. The number of aliphatic carboxylic acids is 1. The molecule has 0 aliphatic carbocycles. The molecule has 2 aromatic rings. The molecule has 1 unspecified atom stereocenters. The van der Waals surface area contributed by atoms with Gasteiger partial charge in [0.05, 0.1) is 11.2 Å². The van der Waals surface area contributed by atoms with E-state index >= 15 is 0 Å². The molecule has 0 bridgehead atoms. The van der Waals surface area contributed by atoms with Gasteiger partial charge in [0.25, 0.3) is 0 Å². The quantitative estimate of drug-likeness (QED) is 0.487. The molecule has 2 aromatic carbocycles. The van der Waals surface area contributed by atoms with E-state index in [1.54, 1.807) is 24.3 Å². The number of thioether (sulfide) groups is 1. The van der Waals surface area contributed by atoms with Crippen molar-refractivity contribution in [3.05, 3.63) is 59.7 Å². The number of ketones is 1. The van der Waals surface area contributed by atoms with E-state index in [0.29, 0.717) is 28.8 Å². The summed E-state index contributed by atoms with van der Waals surface area (Å²) in [4.78, 5) is 34.3. The zero-order chi connectivity index (χ0) is 18.4. The van der Waals surface area contributed by atoms with Crippen molar-refractivity contribution in [3.8, 4) is 11.5 Å². The number of hydrogen-bond acceptors (Lipinski definition) is 6. The van der Waals surface area contributed by atoms with Crippen LogP contribution in [0, 0.1) is 6.92 Å². The molecule has 0 saturated carbocycles. The number of carboxylic acids is 1. The summed E-state index contributed by atoms with van der Waals surface area (Å²) in [5.41, 5.74) is 1.48. The third-order valence-electron chi connectivity index (χ3n) is 3.37. The third-order valence-corrected chi connectivity index (χ3v) is 4.35. The fourth-order valence-corrected chi connectivity index (χ4v) is 2.84. The molecule has 0 N–H and O–H groups in total. The first-order valence-corrected chi connectivity index (χ1v) is 8.49. The van der Waals surface area contributed by atoms with E-state index in [2.05, 4.69) is 0 Å². The Bertz CT molecular complexity index is 772. The summed E-state index contributed by atoms with van der Waals surface area (Å²) in [7, 11) is 0. The molecule has 7 heteroatoms. The maximum absolute atomic E-state index is 12.2. The molecule has 0 amide bonds. The van der Waals surface area contributed by atoms with Crippen molar-refractivity contribution in [2.45, 2.75) is 25.5 Å².